The fourth-order valence-corrected chi connectivity index (χ4v) is 2.99. The van der Waals surface area contributed by atoms with Crippen molar-refractivity contribution in [2.45, 2.75) is 52.3 Å². The van der Waals surface area contributed by atoms with E-state index in [9.17, 15) is 18.0 Å². The molecule has 0 unspecified atom stereocenters. The molecule has 0 aromatic carbocycles. The summed E-state index contributed by atoms with van der Waals surface area (Å²) in [5.74, 6) is 0.552. The van der Waals surface area contributed by atoms with Gasteiger partial charge in [0.05, 0.1) is 11.3 Å². The van der Waals surface area contributed by atoms with Crippen molar-refractivity contribution in [3.05, 3.63) is 29.1 Å². The number of rotatable bonds is 2. The minimum absolute atomic E-state index is 0.0675. The Labute approximate surface area is 128 Å². The largest absolute Gasteiger partial charge is 0.433 e. The van der Waals surface area contributed by atoms with E-state index >= 15 is 0 Å². The van der Waals surface area contributed by atoms with Crippen LogP contribution in [0, 0.1) is 18.8 Å². The summed E-state index contributed by atoms with van der Waals surface area (Å²) in [7, 11) is 0. The number of nitrogens with zero attached hydrogens (tertiary/aromatic N) is 1. The maximum atomic E-state index is 12.6. The van der Waals surface area contributed by atoms with Crippen LogP contribution >= 0.6 is 0 Å². The van der Waals surface area contributed by atoms with Gasteiger partial charge in [0.25, 0.3) is 5.91 Å². The Hall–Kier alpha value is -1.59. The van der Waals surface area contributed by atoms with Crippen molar-refractivity contribution in [2.75, 3.05) is 0 Å². The lowest BCUT2D eigenvalue weighted by atomic mass is 9.78. The zero-order valence-electron chi connectivity index (χ0n) is 13.0. The number of hydrogen-bond donors (Lipinski definition) is 1. The molecule has 3 atom stereocenters. The van der Waals surface area contributed by atoms with Crippen LogP contribution in [0.25, 0.3) is 0 Å². The first-order valence-electron chi connectivity index (χ1n) is 7.56. The second-order valence-corrected chi connectivity index (χ2v) is 6.17. The Bertz CT molecular complexity index is 557. The van der Waals surface area contributed by atoms with Crippen molar-refractivity contribution in [3.8, 4) is 0 Å². The molecule has 1 N–H and O–H groups in total. The van der Waals surface area contributed by atoms with Gasteiger partial charge in [-0.3, -0.25) is 4.79 Å². The van der Waals surface area contributed by atoms with E-state index in [4.69, 9.17) is 0 Å². The number of hydrogen-bond acceptors (Lipinski definition) is 2. The normalized spacial score (nSPS) is 25.8. The van der Waals surface area contributed by atoms with Crippen LogP contribution in [0.15, 0.2) is 12.1 Å². The topological polar surface area (TPSA) is 42.0 Å². The van der Waals surface area contributed by atoms with E-state index in [-0.39, 0.29) is 23.2 Å². The molecule has 0 aliphatic heterocycles. The van der Waals surface area contributed by atoms with E-state index in [2.05, 4.69) is 24.1 Å². The first kappa shape index (κ1) is 16.8. The number of amides is 1. The molecule has 0 bridgehead atoms. The Kier molecular flexibility index (Phi) is 4.78. The Morgan fingerprint density at radius 2 is 1.95 bits per heavy atom. The monoisotopic (exact) mass is 314 g/mol. The van der Waals surface area contributed by atoms with Crippen molar-refractivity contribution < 1.29 is 18.0 Å². The number of halogens is 3. The van der Waals surface area contributed by atoms with E-state index in [1.54, 1.807) is 0 Å². The van der Waals surface area contributed by atoms with Gasteiger partial charge < -0.3 is 5.32 Å². The van der Waals surface area contributed by atoms with E-state index in [0.29, 0.717) is 11.8 Å². The molecule has 1 aliphatic rings. The molecule has 1 aromatic heterocycles. The number of carbonyl (C=O) groups is 1. The van der Waals surface area contributed by atoms with Gasteiger partial charge in [-0.15, -0.1) is 0 Å². The molecule has 0 saturated heterocycles. The minimum atomic E-state index is -4.49. The molecule has 0 radical (unpaired) electrons. The van der Waals surface area contributed by atoms with Crippen LogP contribution in [-0.4, -0.2) is 16.9 Å². The summed E-state index contributed by atoms with van der Waals surface area (Å²) in [6.45, 7) is 5.69. The van der Waals surface area contributed by atoms with Gasteiger partial charge in [-0.05, 0) is 37.3 Å². The van der Waals surface area contributed by atoms with Crippen LogP contribution < -0.4 is 5.32 Å². The highest BCUT2D eigenvalue weighted by atomic mass is 19.4. The molecule has 1 saturated carbocycles. The van der Waals surface area contributed by atoms with Crippen LogP contribution in [0.5, 0.6) is 0 Å². The molecule has 6 heteroatoms. The van der Waals surface area contributed by atoms with E-state index in [1.165, 1.54) is 13.0 Å². The van der Waals surface area contributed by atoms with Gasteiger partial charge >= 0.3 is 6.18 Å². The summed E-state index contributed by atoms with van der Waals surface area (Å²) >= 11 is 0. The van der Waals surface area contributed by atoms with E-state index < -0.39 is 11.9 Å². The first-order valence-corrected chi connectivity index (χ1v) is 7.56. The summed E-state index contributed by atoms with van der Waals surface area (Å²) in [5.41, 5.74) is -0.663. The summed E-state index contributed by atoms with van der Waals surface area (Å²) in [4.78, 5) is 15.8. The fraction of sp³-hybridized carbons (Fsp3) is 0.625. The lowest BCUT2D eigenvalue weighted by Gasteiger charge is -2.34. The van der Waals surface area contributed by atoms with Gasteiger partial charge in [-0.2, -0.15) is 13.2 Å². The van der Waals surface area contributed by atoms with E-state index in [1.807, 2.05) is 0 Å². The SMILES string of the molecule is Cc1nc(C(F)(F)F)ccc1C(=O)N[C@@H]1CCC[C@@H](C)[C@H]1C. The predicted molar refractivity (Wildman–Crippen MR) is 77.4 cm³/mol. The average molecular weight is 314 g/mol. The van der Waals surface area contributed by atoms with Crippen LogP contribution in [0.3, 0.4) is 0 Å². The number of nitrogens with one attached hydrogen (secondary N) is 1. The average Bonchev–Trinajstić information content (AvgIpc) is 2.42. The third-order valence-corrected chi connectivity index (χ3v) is 4.64. The van der Waals surface area contributed by atoms with Crippen molar-refractivity contribution in [1.82, 2.24) is 10.3 Å². The first-order chi connectivity index (χ1) is 10.2. The molecule has 0 spiro atoms. The highest BCUT2D eigenvalue weighted by Gasteiger charge is 2.33. The molecule has 1 aromatic rings. The zero-order valence-corrected chi connectivity index (χ0v) is 13.0. The number of aromatic nitrogens is 1. The fourth-order valence-electron chi connectivity index (χ4n) is 2.99. The molecule has 122 valence electrons. The van der Waals surface area contributed by atoms with E-state index in [0.717, 1.165) is 25.3 Å². The smallest absolute Gasteiger partial charge is 0.349 e. The quantitative estimate of drug-likeness (QED) is 0.897. The molecule has 22 heavy (non-hydrogen) atoms. The van der Waals surface area contributed by atoms with Gasteiger partial charge in [-0.25, -0.2) is 4.98 Å². The van der Waals surface area contributed by atoms with Crippen LogP contribution in [0.1, 0.15) is 54.9 Å². The van der Waals surface area contributed by atoms with Gasteiger partial charge in [0.1, 0.15) is 5.69 Å². The summed E-state index contributed by atoms with van der Waals surface area (Å²) in [6.07, 6.45) is -1.38. The lowest BCUT2D eigenvalue weighted by Crippen LogP contribution is -2.44. The Morgan fingerprint density at radius 3 is 2.55 bits per heavy atom. The molecule has 1 aliphatic carbocycles. The molecular weight excluding hydrogens is 293 g/mol. The van der Waals surface area contributed by atoms with Crippen molar-refractivity contribution in [1.29, 1.82) is 0 Å². The minimum Gasteiger partial charge on any atom is -0.349 e. The third-order valence-electron chi connectivity index (χ3n) is 4.64. The van der Waals surface area contributed by atoms with Gasteiger partial charge in [0, 0.05) is 6.04 Å². The number of aryl methyl sites for hydroxylation is 1. The highest BCUT2D eigenvalue weighted by Crippen LogP contribution is 2.30. The highest BCUT2D eigenvalue weighted by molar-refractivity contribution is 5.95. The zero-order chi connectivity index (χ0) is 16.5. The third kappa shape index (κ3) is 3.59. The Balaban J connectivity index is 2.13. The van der Waals surface area contributed by atoms with Crippen molar-refractivity contribution in [2.24, 2.45) is 11.8 Å². The second-order valence-electron chi connectivity index (χ2n) is 6.17. The summed E-state index contributed by atoms with van der Waals surface area (Å²) < 4.78 is 37.8. The number of pyridine rings is 1. The maximum absolute atomic E-state index is 12.6. The van der Waals surface area contributed by atoms with Gasteiger partial charge in [0.15, 0.2) is 0 Å². The lowest BCUT2D eigenvalue weighted by molar-refractivity contribution is -0.141. The Morgan fingerprint density at radius 1 is 1.27 bits per heavy atom. The number of carbonyl (C=O) groups excluding carboxylic acids is 1. The second kappa shape index (κ2) is 6.26. The summed E-state index contributed by atoms with van der Waals surface area (Å²) in [6, 6.07) is 2.13. The van der Waals surface area contributed by atoms with Crippen molar-refractivity contribution >= 4 is 5.91 Å². The number of alkyl halides is 3. The molecule has 3 nitrogen and oxygen atoms in total. The van der Waals surface area contributed by atoms with Gasteiger partial charge in [0.2, 0.25) is 0 Å². The standard InChI is InChI=1S/C16H21F3N2O/c1-9-5-4-6-13(10(9)2)21-15(22)12-7-8-14(16(17,18)19)20-11(12)3/h7-10,13H,4-6H2,1-3H3,(H,21,22)/t9-,10-,13-/m1/s1. The van der Waals surface area contributed by atoms with Crippen molar-refractivity contribution in [3.63, 3.8) is 0 Å². The molecular formula is C16H21F3N2O. The van der Waals surface area contributed by atoms with Gasteiger partial charge in [-0.1, -0.05) is 26.7 Å². The van der Waals surface area contributed by atoms with Crippen LogP contribution in [-0.2, 0) is 6.18 Å². The molecule has 2 rings (SSSR count). The predicted octanol–water partition coefficient (Wildman–Crippen LogP) is 3.96. The van der Waals surface area contributed by atoms with Crippen LogP contribution in [0.4, 0.5) is 13.2 Å². The van der Waals surface area contributed by atoms with Crippen LogP contribution in [0.2, 0.25) is 0 Å². The maximum Gasteiger partial charge on any atom is 0.433 e. The molecule has 1 amide bonds. The molecule has 1 fully saturated rings. The molecule has 1 heterocycles. The summed E-state index contributed by atoms with van der Waals surface area (Å²) in [5, 5.41) is 2.95.